The van der Waals surface area contributed by atoms with Gasteiger partial charge < -0.3 is 20.3 Å². The van der Waals surface area contributed by atoms with Gasteiger partial charge in [-0.25, -0.2) is 0 Å². The molecule has 2 amide bonds. The number of benzene rings is 1. The number of nitrogens with one attached hydrogen (secondary N) is 2. The molecule has 1 fully saturated rings. The van der Waals surface area contributed by atoms with Gasteiger partial charge in [0.25, 0.3) is 5.91 Å². The monoisotopic (exact) mass is 321 g/mol. The quantitative estimate of drug-likeness (QED) is 0.823. The Bertz CT molecular complexity index is 554. The average Bonchev–Trinajstić information content (AvgIpc) is 2.55. The molecule has 0 saturated carbocycles. The van der Waals surface area contributed by atoms with Crippen LogP contribution in [0.4, 0.5) is 5.69 Å². The van der Waals surface area contributed by atoms with Gasteiger partial charge in [-0.1, -0.05) is 6.92 Å². The number of nitrogens with zero attached hydrogens (tertiary/aromatic N) is 1. The SMILES string of the molecule is CCC(=O)NC(=S)Nc1ccc(C(=O)N2CCOCC2)cc1. The molecule has 0 radical (unpaired) electrons. The van der Waals surface area contributed by atoms with Crippen molar-refractivity contribution in [3.05, 3.63) is 29.8 Å². The van der Waals surface area contributed by atoms with Crippen LogP contribution in [0.2, 0.25) is 0 Å². The van der Waals surface area contributed by atoms with Gasteiger partial charge in [-0.05, 0) is 36.5 Å². The lowest BCUT2D eigenvalue weighted by Crippen LogP contribution is -2.40. The minimum atomic E-state index is -0.142. The number of hydrogen-bond acceptors (Lipinski definition) is 4. The van der Waals surface area contributed by atoms with E-state index in [-0.39, 0.29) is 16.9 Å². The Hall–Kier alpha value is -1.99. The lowest BCUT2D eigenvalue weighted by Gasteiger charge is -2.26. The Morgan fingerprint density at radius 1 is 1.23 bits per heavy atom. The Kier molecular flexibility index (Phi) is 5.85. The van der Waals surface area contributed by atoms with Gasteiger partial charge >= 0.3 is 0 Å². The number of amides is 2. The first-order valence-corrected chi connectivity index (χ1v) is 7.59. The number of carbonyl (C=O) groups excluding carboxylic acids is 2. The molecular weight excluding hydrogens is 302 g/mol. The second-order valence-electron chi connectivity index (χ2n) is 4.84. The van der Waals surface area contributed by atoms with Crippen LogP contribution < -0.4 is 10.6 Å². The number of thiocarbonyl (C=S) groups is 1. The summed E-state index contributed by atoms with van der Waals surface area (Å²) in [6.45, 7) is 4.15. The molecule has 0 atom stereocenters. The Balaban J connectivity index is 1.93. The molecule has 0 aliphatic carbocycles. The fourth-order valence-corrected chi connectivity index (χ4v) is 2.25. The highest BCUT2D eigenvalue weighted by Gasteiger charge is 2.18. The van der Waals surface area contributed by atoms with E-state index in [4.69, 9.17) is 17.0 Å². The van der Waals surface area contributed by atoms with E-state index in [1.807, 2.05) is 0 Å². The third-order valence-corrected chi connectivity index (χ3v) is 3.47. The number of rotatable bonds is 3. The van der Waals surface area contributed by atoms with Crippen molar-refractivity contribution in [3.8, 4) is 0 Å². The van der Waals surface area contributed by atoms with E-state index in [2.05, 4.69) is 10.6 Å². The highest BCUT2D eigenvalue weighted by atomic mass is 32.1. The summed E-state index contributed by atoms with van der Waals surface area (Å²) in [6.07, 6.45) is 0.370. The molecule has 7 heteroatoms. The molecule has 6 nitrogen and oxygen atoms in total. The summed E-state index contributed by atoms with van der Waals surface area (Å²) in [4.78, 5) is 25.3. The Morgan fingerprint density at radius 3 is 2.45 bits per heavy atom. The number of morpholine rings is 1. The zero-order valence-electron chi connectivity index (χ0n) is 12.4. The largest absolute Gasteiger partial charge is 0.378 e. The van der Waals surface area contributed by atoms with Gasteiger partial charge in [0.2, 0.25) is 5.91 Å². The Morgan fingerprint density at radius 2 is 1.86 bits per heavy atom. The van der Waals surface area contributed by atoms with Crippen LogP contribution in [-0.2, 0) is 9.53 Å². The molecule has 1 saturated heterocycles. The summed E-state index contributed by atoms with van der Waals surface area (Å²) in [5, 5.41) is 5.72. The molecule has 1 aromatic rings. The van der Waals surface area contributed by atoms with E-state index >= 15 is 0 Å². The molecule has 2 N–H and O–H groups in total. The number of anilines is 1. The highest BCUT2D eigenvalue weighted by Crippen LogP contribution is 2.12. The van der Waals surface area contributed by atoms with Crippen LogP contribution in [0.3, 0.4) is 0 Å². The van der Waals surface area contributed by atoms with Gasteiger partial charge in [0.05, 0.1) is 13.2 Å². The van der Waals surface area contributed by atoms with Crippen molar-refractivity contribution in [1.82, 2.24) is 10.2 Å². The lowest BCUT2D eigenvalue weighted by molar-refractivity contribution is -0.119. The standard InChI is InChI=1S/C15H19N3O3S/c1-2-13(19)17-15(22)16-12-5-3-11(4-6-12)14(20)18-7-9-21-10-8-18/h3-6H,2,7-10H2,1H3,(H2,16,17,19,22). The number of ether oxygens (including phenoxy) is 1. The third-order valence-electron chi connectivity index (χ3n) is 3.26. The third kappa shape index (κ3) is 4.51. The summed E-state index contributed by atoms with van der Waals surface area (Å²) < 4.78 is 5.24. The zero-order chi connectivity index (χ0) is 15.9. The van der Waals surface area contributed by atoms with E-state index in [0.717, 1.165) is 5.69 Å². The second-order valence-corrected chi connectivity index (χ2v) is 5.25. The maximum absolute atomic E-state index is 12.3. The first kappa shape index (κ1) is 16.4. The molecule has 0 aromatic heterocycles. The summed E-state index contributed by atoms with van der Waals surface area (Å²) >= 11 is 5.03. The van der Waals surface area contributed by atoms with E-state index in [1.54, 1.807) is 36.1 Å². The summed E-state index contributed by atoms with van der Waals surface area (Å²) in [5.41, 5.74) is 1.34. The summed E-state index contributed by atoms with van der Waals surface area (Å²) in [5.74, 6) is -0.145. The van der Waals surface area contributed by atoms with Gasteiger partial charge in [0.15, 0.2) is 5.11 Å². The van der Waals surface area contributed by atoms with Crippen LogP contribution in [0.5, 0.6) is 0 Å². The van der Waals surface area contributed by atoms with Crippen LogP contribution in [-0.4, -0.2) is 48.1 Å². The van der Waals surface area contributed by atoms with Crippen molar-refractivity contribution in [1.29, 1.82) is 0 Å². The molecule has 1 aromatic carbocycles. The van der Waals surface area contributed by atoms with Crippen LogP contribution in [0.25, 0.3) is 0 Å². The van der Waals surface area contributed by atoms with Gasteiger partial charge in [0, 0.05) is 30.8 Å². The van der Waals surface area contributed by atoms with Gasteiger partial charge in [-0.3, -0.25) is 9.59 Å². The molecule has 0 spiro atoms. The maximum atomic E-state index is 12.3. The summed E-state index contributed by atoms with van der Waals surface area (Å²) in [6, 6.07) is 7.00. The van der Waals surface area contributed by atoms with Crippen molar-refractivity contribution in [2.24, 2.45) is 0 Å². The molecular formula is C15H19N3O3S. The Labute approximate surface area is 134 Å². The van der Waals surface area contributed by atoms with Gasteiger partial charge in [-0.2, -0.15) is 0 Å². The molecule has 22 heavy (non-hydrogen) atoms. The highest BCUT2D eigenvalue weighted by molar-refractivity contribution is 7.80. The lowest BCUT2D eigenvalue weighted by atomic mass is 10.1. The maximum Gasteiger partial charge on any atom is 0.254 e. The van der Waals surface area contributed by atoms with Gasteiger partial charge in [0.1, 0.15) is 0 Å². The molecule has 0 bridgehead atoms. The minimum absolute atomic E-state index is 0.00304. The molecule has 2 rings (SSSR count). The van der Waals surface area contributed by atoms with E-state index in [1.165, 1.54) is 0 Å². The molecule has 1 aliphatic heterocycles. The van der Waals surface area contributed by atoms with E-state index in [0.29, 0.717) is 38.3 Å². The smallest absolute Gasteiger partial charge is 0.254 e. The van der Waals surface area contributed by atoms with Crippen LogP contribution in [0.1, 0.15) is 23.7 Å². The topological polar surface area (TPSA) is 70.7 Å². The van der Waals surface area contributed by atoms with Crippen molar-refractivity contribution in [2.45, 2.75) is 13.3 Å². The van der Waals surface area contributed by atoms with Crippen LogP contribution in [0.15, 0.2) is 24.3 Å². The van der Waals surface area contributed by atoms with Crippen molar-refractivity contribution >= 4 is 34.8 Å². The second kappa shape index (κ2) is 7.86. The van der Waals surface area contributed by atoms with Crippen molar-refractivity contribution in [3.63, 3.8) is 0 Å². The van der Waals surface area contributed by atoms with E-state index < -0.39 is 0 Å². The predicted octanol–water partition coefficient (Wildman–Crippen LogP) is 1.38. The molecule has 0 unspecified atom stereocenters. The predicted molar refractivity (Wildman–Crippen MR) is 87.8 cm³/mol. The van der Waals surface area contributed by atoms with Gasteiger partial charge in [-0.15, -0.1) is 0 Å². The zero-order valence-corrected chi connectivity index (χ0v) is 13.2. The fraction of sp³-hybridized carbons (Fsp3) is 0.400. The van der Waals surface area contributed by atoms with Crippen molar-refractivity contribution in [2.75, 3.05) is 31.6 Å². The van der Waals surface area contributed by atoms with Crippen molar-refractivity contribution < 1.29 is 14.3 Å². The first-order valence-electron chi connectivity index (χ1n) is 7.18. The number of hydrogen-bond donors (Lipinski definition) is 2. The number of carbonyl (C=O) groups is 2. The average molecular weight is 321 g/mol. The van der Waals surface area contributed by atoms with Crippen LogP contribution in [0, 0.1) is 0 Å². The molecule has 118 valence electrons. The first-order chi connectivity index (χ1) is 10.6. The van der Waals surface area contributed by atoms with E-state index in [9.17, 15) is 9.59 Å². The minimum Gasteiger partial charge on any atom is -0.378 e. The molecule has 1 heterocycles. The fourth-order valence-electron chi connectivity index (χ4n) is 2.02. The van der Waals surface area contributed by atoms with Crippen LogP contribution >= 0.6 is 12.2 Å². The molecule has 1 aliphatic rings. The summed E-state index contributed by atoms with van der Waals surface area (Å²) in [7, 11) is 0. The normalized spacial score (nSPS) is 14.3.